The van der Waals surface area contributed by atoms with E-state index in [1.165, 1.54) is 19.3 Å². The van der Waals surface area contributed by atoms with Crippen molar-refractivity contribution in [3.8, 4) is 0 Å². The SMILES string of the molecule is CCCCCOC1CCN(C(C)=O)CC1. The number of unbranched alkanes of at least 4 members (excludes halogenated alkanes) is 2. The molecule has 1 amide bonds. The molecular formula is C12H23NO2. The molecule has 0 spiro atoms. The van der Waals surface area contributed by atoms with Crippen molar-refractivity contribution in [2.75, 3.05) is 19.7 Å². The highest BCUT2D eigenvalue weighted by Gasteiger charge is 2.20. The van der Waals surface area contributed by atoms with Crippen LogP contribution in [0.4, 0.5) is 0 Å². The molecule has 0 saturated carbocycles. The van der Waals surface area contributed by atoms with Crippen LogP contribution >= 0.6 is 0 Å². The number of nitrogens with zero attached hydrogens (tertiary/aromatic N) is 1. The standard InChI is InChI=1S/C12H23NO2/c1-3-4-5-10-15-12-6-8-13(9-7-12)11(2)14/h12H,3-10H2,1-2H3. The molecule has 3 heteroatoms. The van der Waals surface area contributed by atoms with E-state index in [1.54, 1.807) is 6.92 Å². The maximum Gasteiger partial charge on any atom is 0.219 e. The summed E-state index contributed by atoms with van der Waals surface area (Å²) >= 11 is 0. The number of amides is 1. The summed E-state index contributed by atoms with van der Waals surface area (Å²) < 4.78 is 5.78. The maximum absolute atomic E-state index is 11.1. The molecule has 3 nitrogen and oxygen atoms in total. The highest BCUT2D eigenvalue weighted by molar-refractivity contribution is 5.73. The molecule has 0 N–H and O–H groups in total. The van der Waals surface area contributed by atoms with E-state index in [2.05, 4.69) is 6.92 Å². The minimum Gasteiger partial charge on any atom is -0.378 e. The number of hydrogen-bond acceptors (Lipinski definition) is 2. The van der Waals surface area contributed by atoms with Crippen LogP contribution in [0.15, 0.2) is 0 Å². The monoisotopic (exact) mass is 213 g/mol. The Kier molecular flexibility index (Phi) is 5.69. The van der Waals surface area contributed by atoms with Gasteiger partial charge in [-0.05, 0) is 19.3 Å². The largest absolute Gasteiger partial charge is 0.378 e. The lowest BCUT2D eigenvalue weighted by Crippen LogP contribution is -2.39. The van der Waals surface area contributed by atoms with Gasteiger partial charge < -0.3 is 9.64 Å². The Balaban J connectivity index is 2.07. The molecular weight excluding hydrogens is 190 g/mol. The number of ether oxygens (including phenoxy) is 1. The van der Waals surface area contributed by atoms with Crippen LogP contribution in [0.1, 0.15) is 46.0 Å². The third kappa shape index (κ3) is 4.65. The average Bonchev–Trinajstić information content (AvgIpc) is 2.25. The van der Waals surface area contributed by atoms with Gasteiger partial charge in [0.1, 0.15) is 0 Å². The molecule has 88 valence electrons. The van der Waals surface area contributed by atoms with Crippen molar-refractivity contribution in [2.45, 2.75) is 52.1 Å². The highest BCUT2D eigenvalue weighted by Crippen LogP contribution is 2.14. The molecule has 0 unspecified atom stereocenters. The van der Waals surface area contributed by atoms with Gasteiger partial charge in [-0.1, -0.05) is 19.8 Å². The lowest BCUT2D eigenvalue weighted by atomic mass is 10.1. The Morgan fingerprint density at radius 1 is 1.33 bits per heavy atom. The molecule has 1 saturated heterocycles. The van der Waals surface area contributed by atoms with Crippen molar-refractivity contribution >= 4 is 5.91 Å². The fourth-order valence-corrected chi connectivity index (χ4v) is 1.94. The van der Waals surface area contributed by atoms with Crippen molar-refractivity contribution in [1.29, 1.82) is 0 Å². The van der Waals surface area contributed by atoms with Crippen molar-refractivity contribution in [1.82, 2.24) is 4.90 Å². The lowest BCUT2D eigenvalue weighted by Gasteiger charge is -2.31. The summed E-state index contributed by atoms with van der Waals surface area (Å²) in [5, 5.41) is 0. The van der Waals surface area contributed by atoms with Gasteiger partial charge in [-0.3, -0.25) is 4.79 Å². The van der Waals surface area contributed by atoms with Gasteiger partial charge in [0, 0.05) is 26.6 Å². The van der Waals surface area contributed by atoms with Gasteiger partial charge in [-0.25, -0.2) is 0 Å². The second kappa shape index (κ2) is 6.83. The molecule has 0 aromatic heterocycles. The number of piperidine rings is 1. The normalized spacial score (nSPS) is 18.1. The molecule has 0 aliphatic carbocycles. The lowest BCUT2D eigenvalue weighted by molar-refractivity contribution is -0.131. The van der Waals surface area contributed by atoms with E-state index in [1.807, 2.05) is 4.90 Å². The third-order valence-corrected chi connectivity index (χ3v) is 2.99. The summed E-state index contributed by atoms with van der Waals surface area (Å²) in [7, 11) is 0. The summed E-state index contributed by atoms with van der Waals surface area (Å²) in [6.07, 6.45) is 6.07. The minimum absolute atomic E-state index is 0.194. The van der Waals surface area contributed by atoms with Gasteiger partial charge in [0.15, 0.2) is 0 Å². The van der Waals surface area contributed by atoms with Gasteiger partial charge in [0.2, 0.25) is 5.91 Å². The zero-order valence-electron chi connectivity index (χ0n) is 10.00. The highest BCUT2D eigenvalue weighted by atomic mass is 16.5. The predicted octanol–water partition coefficient (Wildman–Crippen LogP) is 2.20. The molecule has 0 bridgehead atoms. The maximum atomic E-state index is 11.1. The number of rotatable bonds is 5. The Morgan fingerprint density at radius 3 is 2.53 bits per heavy atom. The smallest absolute Gasteiger partial charge is 0.219 e. The van der Waals surface area contributed by atoms with Crippen molar-refractivity contribution < 1.29 is 9.53 Å². The average molecular weight is 213 g/mol. The molecule has 1 heterocycles. The van der Waals surface area contributed by atoms with E-state index >= 15 is 0 Å². The first kappa shape index (κ1) is 12.5. The Labute approximate surface area is 92.8 Å². The number of carbonyl (C=O) groups excluding carboxylic acids is 1. The molecule has 0 aromatic rings. The van der Waals surface area contributed by atoms with Crippen molar-refractivity contribution in [3.63, 3.8) is 0 Å². The van der Waals surface area contributed by atoms with Crippen molar-refractivity contribution in [3.05, 3.63) is 0 Å². The van der Waals surface area contributed by atoms with Crippen LogP contribution in [-0.4, -0.2) is 36.6 Å². The van der Waals surface area contributed by atoms with Crippen LogP contribution < -0.4 is 0 Å². The molecule has 1 aliphatic heterocycles. The van der Waals surface area contributed by atoms with Gasteiger partial charge in [-0.2, -0.15) is 0 Å². The van der Waals surface area contributed by atoms with E-state index in [9.17, 15) is 4.79 Å². The van der Waals surface area contributed by atoms with Gasteiger partial charge in [0.05, 0.1) is 6.10 Å². The first-order valence-corrected chi connectivity index (χ1v) is 6.11. The van der Waals surface area contributed by atoms with E-state index in [-0.39, 0.29) is 5.91 Å². The fourth-order valence-electron chi connectivity index (χ4n) is 1.94. The quantitative estimate of drug-likeness (QED) is 0.655. The molecule has 15 heavy (non-hydrogen) atoms. The summed E-state index contributed by atoms with van der Waals surface area (Å²) in [6.45, 7) is 6.47. The van der Waals surface area contributed by atoms with Gasteiger partial charge >= 0.3 is 0 Å². The second-order valence-electron chi connectivity index (χ2n) is 4.28. The number of hydrogen-bond donors (Lipinski definition) is 0. The zero-order chi connectivity index (χ0) is 11.1. The summed E-state index contributed by atoms with van der Waals surface area (Å²) in [5.41, 5.74) is 0. The zero-order valence-corrected chi connectivity index (χ0v) is 10.00. The number of carbonyl (C=O) groups is 1. The predicted molar refractivity (Wildman–Crippen MR) is 60.8 cm³/mol. The molecule has 0 radical (unpaired) electrons. The van der Waals surface area contributed by atoms with Crippen LogP contribution in [0.25, 0.3) is 0 Å². The number of likely N-dealkylation sites (tertiary alicyclic amines) is 1. The summed E-state index contributed by atoms with van der Waals surface area (Å²) in [6, 6.07) is 0. The van der Waals surface area contributed by atoms with Gasteiger partial charge in [0.25, 0.3) is 0 Å². The second-order valence-corrected chi connectivity index (χ2v) is 4.28. The first-order chi connectivity index (χ1) is 7.24. The van der Waals surface area contributed by atoms with E-state index in [0.29, 0.717) is 6.10 Å². The van der Waals surface area contributed by atoms with E-state index < -0.39 is 0 Å². The topological polar surface area (TPSA) is 29.5 Å². The van der Waals surface area contributed by atoms with Crippen LogP contribution in [-0.2, 0) is 9.53 Å². The van der Waals surface area contributed by atoms with Crippen LogP contribution in [0.3, 0.4) is 0 Å². The molecule has 1 fully saturated rings. The van der Waals surface area contributed by atoms with E-state index in [0.717, 1.165) is 32.5 Å². The fraction of sp³-hybridized carbons (Fsp3) is 0.917. The van der Waals surface area contributed by atoms with E-state index in [4.69, 9.17) is 4.74 Å². The first-order valence-electron chi connectivity index (χ1n) is 6.11. The molecule has 0 atom stereocenters. The third-order valence-electron chi connectivity index (χ3n) is 2.99. The summed E-state index contributed by atoms with van der Waals surface area (Å²) in [4.78, 5) is 13.0. The molecule has 1 rings (SSSR count). The van der Waals surface area contributed by atoms with Crippen LogP contribution in [0.5, 0.6) is 0 Å². The Hall–Kier alpha value is -0.570. The van der Waals surface area contributed by atoms with Crippen molar-refractivity contribution in [2.24, 2.45) is 0 Å². The van der Waals surface area contributed by atoms with Crippen LogP contribution in [0, 0.1) is 0 Å². The Morgan fingerprint density at radius 2 is 2.00 bits per heavy atom. The van der Waals surface area contributed by atoms with Gasteiger partial charge in [-0.15, -0.1) is 0 Å². The Bertz CT molecular complexity index is 186. The summed E-state index contributed by atoms with van der Waals surface area (Å²) in [5.74, 6) is 0.194. The minimum atomic E-state index is 0.194. The molecule has 0 aromatic carbocycles. The van der Waals surface area contributed by atoms with Crippen LogP contribution in [0.2, 0.25) is 0 Å². The molecule has 1 aliphatic rings.